The van der Waals surface area contributed by atoms with Crippen LogP contribution in [0.15, 0.2) is 30.3 Å². The van der Waals surface area contributed by atoms with Crippen LogP contribution >= 0.6 is 0 Å². The van der Waals surface area contributed by atoms with E-state index in [-0.39, 0.29) is 6.04 Å². The lowest BCUT2D eigenvalue weighted by atomic mass is 10.0. The van der Waals surface area contributed by atoms with Crippen LogP contribution < -0.4 is 5.73 Å². The van der Waals surface area contributed by atoms with Gasteiger partial charge in [0, 0.05) is 6.04 Å². The van der Waals surface area contributed by atoms with Gasteiger partial charge < -0.3 is 5.73 Å². The van der Waals surface area contributed by atoms with Gasteiger partial charge in [0.05, 0.1) is 0 Å². The molecule has 1 nitrogen and oxygen atoms in total. The highest BCUT2D eigenvalue weighted by molar-refractivity contribution is 5.15. The molecule has 0 saturated carbocycles. The number of hydrogen-bond donors (Lipinski definition) is 1. The standard InChI is InChI=1S/C10H14FN/c1-8(11)10(12)7-9-5-3-2-4-6-9/h2-6,8,10H,7,12H2,1H3. The molecule has 0 spiro atoms. The van der Waals surface area contributed by atoms with Crippen molar-refractivity contribution in [3.05, 3.63) is 35.9 Å². The fourth-order valence-electron chi connectivity index (χ4n) is 1.05. The Kier molecular flexibility index (Phi) is 3.23. The smallest absolute Gasteiger partial charge is 0.113 e. The minimum atomic E-state index is -0.940. The molecule has 66 valence electrons. The zero-order valence-corrected chi connectivity index (χ0v) is 7.20. The second-order valence-corrected chi connectivity index (χ2v) is 3.03. The Labute approximate surface area is 72.4 Å². The summed E-state index contributed by atoms with van der Waals surface area (Å²) >= 11 is 0. The van der Waals surface area contributed by atoms with Crippen molar-refractivity contribution in [1.82, 2.24) is 0 Å². The molecule has 0 bridgehead atoms. The molecule has 0 aliphatic rings. The Morgan fingerprint density at radius 1 is 1.33 bits per heavy atom. The van der Waals surface area contributed by atoms with Crippen LogP contribution in [0.4, 0.5) is 4.39 Å². The van der Waals surface area contributed by atoms with Crippen LogP contribution in [0.2, 0.25) is 0 Å². The molecule has 2 N–H and O–H groups in total. The second kappa shape index (κ2) is 4.21. The largest absolute Gasteiger partial charge is 0.325 e. The van der Waals surface area contributed by atoms with Crippen molar-refractivity contribution >= 4 is 0 Å². The summed E-state index contributed by atoms with van der Waals surface area (Å²) in [7, 11) is 0. The van der Waals surface area contributed by atoms with E-state index < -0.39 is 6.17 Å². The van der Waals surface area contributed by atoms with Crippen LogP contribution in [0.1, 0.15) is 12.5 Å². The number of nitrogens with two attached hydrogens (primary N) is 1. The van der Waals surface area contributed by atoms with Gasteiger partial charge in [-0.1, -0.05) is 30.3 Å². The SMILES string of the molecule is CC(F)C(N)Cc1ccccc1. The van der Waals surface area contributed by atoms with Gasteiger partial charge in [0.15, 0.2) is 0 Å². The van der Waals surface area contributed by atoms with Gasteiger partial charge in [-0.2, -0.15) is 0 Å². The Morgan fingerprint density at radius 3 is 2.42 bits per heavy atom. The molecule has 0 aromatic heterocycles. The Balaban J connectivity index is 2.53. The van der Waals surface area contributed by atoms with Gasteiger partial charge in [0.25, 0.3) is 0 Å². The highest BCUT2D eigenvalue weighted by Gasteiger charge is 2.10. The zero-order chi connectivity index (χ0) is 8.97. The molecule has 0 aliphatic heterocycles. The molecule has 1 aromatic rings. The second-order valence-electron chi connectivity index (χ2n) is 3.03. The molecule has 1 aromatic carbocycles. The number of benzene rings is 1. The van der Waals surface area contributed by atoms with Crippen molar-refractivity contribution in [2.45, 2.75) is 25.6 Å². The quantitative estimate of drug-likeness (QED) is 0.731. The molecule has 2 unspecified atom stereocenters. The van der Waals surface area contributed by atoms with Gasteiger partial charge >= 0.3 is 0 Å². The highest BCUT2D eigenvalue weighted by atomic mass is 19.1. The summed E-state index contributed by atoms with van der Waals surface area (Å²) in [6, 6.07) is 9.35. The highest BCUT2D eigenvalue weighted by Crippen LogP contribution is 2.05. The first-order valence-corrected chi connectivity index (χ1v) is 4.13. The van der Waals surface area contributed by atoms with Gasteiger partial charge in [-0.05, 0) is 18.9 Å². The summed E-state index contributed by atoms with van der Waals surface area (Å²) in [5.74, 6) is 0. The third-order valence-corrected chi connectivity index (χ3v) is 1.90. The molecular weight excluding hydrogens is 153 g/mol. The maximum atomic E-state index is 12.7. The molecule has 0 fully saturated rings. The van der Waals surface area contributed by atoms with Crippen LogP contribution in [0.3, 0.4) is 0 Å². The number of rotatable bonds is 3. The van der Waals surface area contributed by atoms with Gasteiger partial charge in [-0.3, -0.25) is 0 Å². The third kappa shape index (κ3) is 2.62. The van der Waals surface area contributed by atoms with E-state index in [4.69, 9.17) is 5.73 Å². The Morgan fingerprint density at radius 2 is 1.92 bits per heavy atom. The van der Waals surface area contributed by atoms with Crippen molar-refractivity contribution in [1.29, 1.82) is 0 Å². The summed E-state index contributed by atoms with van der Waals surface area (Å²) in [6.45, 7) is 1.49. The summed E-state index contributed by atoms with van der Waals surface area (Å²) < 4.78 is 12.7. The van der Waals surface area contributed by atoms with Crippen molar-refractivity contribution in [3.63, 3.8) is 0 Å². The molecule has 0 heterocycles. The summed E-state index contributed by atoms with van der Waals surface area (Å²) in [6.07, 6.45) is -0.330. The summed E-state index contributed by atoms with van der Waals surface area (Å²) in [4.78, 5) is 0. The predicted molar refractivity (Wildman–Crippen MR) is 48.7 cm³/mol. The third-order valence-electron chi connectivity index (χ3n) is 1.90. The lowest BCUT2D eigenvalue weighted by molar-refractivity contribution is 0.304. The first-order chi connectivity index (χ1) is 5.70. The average Bonchev–Trinajstić information content (AvgIpc) is 2.06. The van der Waals surface area contributed by atoms with Crippen molar-refractivity contribution < 1.29 is 4.39 Å². The van der Waals surface area contributed by atoms with Crippen LogP contribution in [0.5, 0.6) is 0 Å². The summed E-state index contributed by atoms with van der Waals surface area (Å²) in [5.41, 5.74) is 6.67. The Hall–Kier alpha value is -0.890. The molecule has 12 heavy (non-hydrogen) atoms. The molecule has 0 amide bonds. The zero-order valence-electron chi connectivity index (χ0n) is 7.20. The maximum Gasteiger partial charge on any atom is 0.113 e. The van der Waals surface area contributed by atoms with E-state index in [1.807, 2.05) is 30.3 Å². The van der Waals surface area contributed by atoms with Crippen molar-refractivity contribution in [2.24, 2.45) is 5.73 Å². The van der Waals surface area contributed by atoms with E-state index in [2.05, 4.69) is 0 Å². The fourth-order valence-corrected chi connectivity index (χ4v) is 1.05. The lowest BCUT2D eigenvalue weighted by Crippen LogP contribution is -2.31. The normalized spacial score (nSPS) is 15.6. The maximum absolute atomic E-state index is 12.7. The Bertz CT molecular complexity index is 221. The number of alkyl halides is 1. The first-order valence-electron chi connectivity index (χ1n) is 4.13. The van der Waals surface area contributed by atoms with Crippen LogP contribution in [-0.4, -0.2) is 12.2 Å². The molecule has 2 atom stereocenters. The average molecular weight is 167 g/mol. The molecule has 0 aliphatic carbocycles. The van der Waals surface area contributed by atoms with Crippen molar-refractivity contribution in [2.75, 3.05) is 0 Å². The van der Waals surface area contributed by atoms with Gasteiger partial charge in [-0.15, -0.1) is 0 Å². The summed E-state index contributed by atoms with van der Waals surface area (Å²) in [5, 5.41) is 0. The topological polar surface area (TPSA) is 26.0 Å². The molecule has 2 heteroatoms. The van der Waals surface area contributed by atoms with E-state index in [0.29, 0.717) is 6.42 Å². The molecule has 0 saturated heterocycles. The van der Waals surface area contributed by atoms with E-state index >= 15 is 0 Å². The van der Waals surface area contributed by atoms with Crippen molar-refractivity contribution in [3.8, 4) is 0 Å². The first kappa shape index (κ1) is 9.20. The van der Waals surface area contributed by atoms with Crippen LogP contribution in [0.25, 0.3) is 0 Å². The number of halogens is 1. The van der Waals surface area contributed by atoms with Crippen LogP contribution in [0, 0.1) is 0 Å². The minimum absolute atomic E-state index is 0.382. The van der Waals surface area contributed by atoms with E-state index in [1.165, 1.54) is 6.92 Å². The van der Waals surface area contributed by atoms with Crippen LogP contribution in [-0.2, 0) is 6.42 Å². The minimum Gasteiger partial charge on any atom is -0.325 e. The molecule has 0 radical (unpaired) electrons. The van der Waals surface area contributed by atoms with Gasteiger partial charge in [-0.25, -0.2) is 4.39 Å². The van der Waals surface area contributed by atoms with Gasteiger partial charge in [0.2, 0.25) is 0 Å². The van der Waals surface area contributed by atoms with E-state index in [1.54, 1.807) is 0 Å². The predicted octanol–water partition coefficient (Wildman–Crippen LogP) is 1.91. The number of hydrogen-bond acceptors (Lipinski definition) is 1. The fraction of sp³-hybridized carbons (Fsp3) is 0.400. The molecular formula is C10H14FN. The lowest BCUT2D eigenvalue weighted by Gasteiger charge is -2.12. The van der Waals surface area contributed by atoms with E-state index in [0.717, 1.165) is 5.56 Å². The monoisotopic (exact) mass is 167 g/mol. The molecule has 1 rings (SSSR count). The van der Waals surface area contributed by atoms with Gasteiger partial charge in [0.1, 0.15) is 6.17 Å². The van der Waals surface area contributed by atoms with E-state index in [9.17, 15) is 4.39 Å².